The fraction of sp³-hybridized carbons (Fsp3) is 1.00. The average molecular weight is 144 g/mol. The third-order valence-electron chi connectivity index (χ3n) is 1.22. The van der Waals surface area contributed by atoms with Gasteiger partial charge in [0, 0.05) is 0 Å². The monoisotopic (exact) mass is 144 g/mol. The van der Waals surface area contributed by atoms with Gasteiger partial charge in [0.05, 0.1) is 12.3 Å². The van der Waals surface area contributed by atoms with Crippen LogP contribution in [0.2, 0.25) is 0 Å². The second-order valence-corrected chi connectivity index (χ2v) is 3.05. The van der Waals surface area contributed by atoms with E-state index in [0.29, 0.717) is 12.1 Å². The summed E-state index contributed by atoms with van der Waals surface area (Å²) in [5.74, 6) is 0. The van der Waals surface area contributed by atoms with E-state index in [1.807, 2.05) is 11.7 Å². The van der Waals surface area contributed by atoms with Crippen molar-refractivity contribution in [3.8, 4) is 0 Å². The SMILES string of the molecule is CC(C)NN=[N+](C)C(C)C. The zero-order valence-electron chi connectivity index (χ0n) is 7.55. The average Bonchev–Trinajstić information content (AvgIpc) is 1.82. The Balaban J connectivity index is 3.69. The van der Waals surface area contributed by atoms with Gasteiger partial charge in [-0.2, -0.15) is 10.1 Å². The maximum absolute atomic E-state index is 4.11. The Hall–Kier alpha value is -0.600. The van der Waals surface area contributed by atoms with Gasteiger partial charge < -0.3 is 0 Å². The maximum Gasteiger partial charge on any atom is 0.111 e. The number of hydrogen-bond donors (Lipinski definition) is 1. The van der Waals surface area contributed by atoms with Gasteiger partial charge in [-0.15, -0.1) is 0 Å². The Kier molecular flexibility index (Phi) is 4.00. The van der Waals surface area contributed by atoms with E-state index in [9.17, 15) is 0 Å². The van der Waals surface area contributed by atoms with Crippen LogP contribution < -0.4 is 5.43 Å². The first-order valence-corrected chi connectivity index (χ1v) is 3.73. The summed E-state index contributed by atoms with van der Waals surface area (Å²) in [6.45, 7) is 8.34. The lowest BCUT2D eigenvalue weighted by atomic mass is 10.4. The molecule has 0 heterocycles. The molecule has 0 aliphatic rings. The molecule has 0 bridgehead atoms. The van der Waals surface area contributed by atoms with Crippen molar-refractivity contribution < 1.29 is 4.70 Å². The zero-order chi connectivity index (χ0) is 8.15. The first-order valence-electron chi connectivity index (χ1n) is 3.73. The molecule has 10 heavy (non-hydrogen) atoms. The van der Waals surface area contributed by atoms with E-state index in [-0.39, 0.29) is 0 Å². The van der Waals surface area contributed by atoms with Gasteiger partial charge in [-0.05, 0) is 27.7 Å². The van der Waals surface area contributed by atoms with Crippen LogP contribution >= 0.6 is 0 Å². The smallest absolute Gasteiger partial charge is 0.111 e. The van der Waals surface area contributed by atoms with Crippen molar-refractivity contribution in [2.45, 2.75) is 39.8 Å². The fourth-order valence-corrected chi connectivity index (χ4v) is 0.322. The van der Waals surface area contributed by atoms with Crippen LogP contribution in [0.25, 0.3) is 0 Å². The van der Waals surface area contributed by atoms with Gasteiger partial charge in [-0.25, -0.2) is 0 Å². The zero-order valence-corrected chi connectivity index (χ0v) is 7.55. The molecule has 0 aromatic carbocycles. The van der Waals surface area contributed by atoms with Crippen molar-refractivity contribution in [3.05, 3.63) is 0 Å². The normalized spacial score (nSPS) is 12.9. The highest BCUT2D eigenvalue weighted by Gasteiger charge is 2.00. The highest BCUT2D eigenvalue weighted by Crippen LogP contribution is 1.85. The molecule has 3 heteroatoms. The Morgan fingerprint density at radius 1 is 1.20 bits per heavy atom. The first kappa shape index (κ1) is 9.40. The second kappa shape index (κ2) is 4.25. The van der Waals surface area contributed by atoms with E-state index in [0.717, 1.165) is 0 Å². The van der Waals surface area contributed by atoms with Gasteiger partial charge >= 0.3 is 0 Å². The Labute approximate surface area is 63.1 Å². The molecule has 0 amide bonds. The van der Waals surface area contributed by atoms with Crippen LogP contribution in [0.1, 0.15) is 27.7 Å². The molecule has 1 N–H and O–H groups in total. The summed E-state index contributed by atoms with van der Waals surface area (Å²) < 4.78 is 1.90. The minimum atomic E-state index is 0.418. The van der Waals surface area contributed by atoms with Crippen LogP contribution in [0.4, 0.5) is 0 Å². The summed E-state index contributed by atoms with van der Waals surface area (Å²) in [5, 5.41) is 4.11. The minimum Gasteiger partial charge on any atom is -0.180 e. The summed E-state index contributed by atoms with van der Waals surface area (Å²) in [5.41, 5.74) is 2.98. The van der Waals surface area contributed by atoms with Gasteiger partial charge in [0.2, 0.25) is 0 Å². The number of rotatable bonds is 3. The van der Waals surface area contributed by atoms with E-state index in [2.05, 4.69) is 38.3 Å². The first-order chi connectivity index (χ1) is 4.54. The molecule has 0 aliphatic carbocycles. The van der Waals surface area contributed by atoms with Gasteiger partial charge in [-0.1, -0.05) is 0 Å². The summed E-state index contributed by atoms with van der Waals surface area (Å²) in [7, 11) is 1.96. The molecular weight excluding hydrogens is 126 g/mol. The number of hydrogen-bond acceptors (Lipinski definition) is 1. The van der Waals surface area contributed by atoms with Crippen molar-refractivity contribution in [3.63, 3.8) is 0 Å². The quantitative estimate of drug-likeness (QED) is 0.362. The molecule has 0 aromatic rings. The van der Waals surface area contributed by atoms with Crippen LogP contribution in [-0.2, 0) is 0 Å². The predicted molar refractivity (Wildman–Crippen MR) is 42.0 cm³/mol. The molecule has 0 atom stereocenters. The van der Waals surface area contributed by atoms with Gasteiger partial charge in [0.15, 0.2) is 0 Å². The van der Waals surface area contributed by atoms with Gasteiger partial charge in [-0.3, -0.25) is 0 Å². The highest BCUT2D eigenvalue weighted by molar-refractivity contribution is 4.40. The molecule has 0 aromatic heterocycles. The summed E-state index contributed by atoms with van der Waals surface area (Å²) >= 11 is 0. The van der Waals surface area contributed by atoms with Crippen LogP contribution in [0, 0.1) is 0 Å². The van der Waals surface area contributed by atoms with Crippen LogP contribution in [0.3, 0.4) is 0 Å². The summed E-state index contributed by atoms with van der Waals surface area (Å²) in [4.78, 5) is 0. The molecular formula is C7H18N3+. The molecule has 0 unspecified atom stereocenters. The van der Waals surface area contributed by atoms with Gasteiger partial charge in [0.1, 0.15) is 12.1 Å². The molecule has 60 valence electrons. The Morgan fingerprint density at radius 3 is 2.00 bits per heavy atom. The molecule has 0 rings (SSSR count). The predicted octanol–water partition coefficient (Wildman–Crippen LogP) is 1.40. The van der Waals surface area contributed by atoms with Crippen molar-refractivity contribution in [1.82, 2.24) is 5.43 Å². The lowest BCUT2D eigenvalue weighted by Gasteiger charge is -2.01. The molecule has 0 saturated carbocycles. The molecule has 0 fully saturated rings. The van der Waals surface area contributed by atoms with Crippen molar-refractivity contribution >= 4 is 0 Å². The van der Waals surface area contributed by atoms with Crippen molar-refractivity contribution in [1.29, 1.82) is 0 Å². The maximum atomic E-state index is 4.11. The Morgan fingerprint density at radius 2 is 1.70 bits per heavy atom. The van der Waals surface area contributed by atoms with E-state index in [1.165, 1.54) is 0 Å². The lowest BCUT2D eigenvalue weighted by molar-refractivity contribution is -0.600. The van der Waals surface area contributed by atoms with E-state index in [4.69, 9.17) is 0 Å². The largest absolute Gasteiger partial charge is 0.180 e. The highest BCUT2D eigenvalue weighted by atomic mass is 15.5. The molecule has 3 nitrogen and oxygen atoms in total. The summed E-state index contributed by atoms with van der Waals surface area (Å²) in [6.07, 6.45) is 0. The molecule has 0 radical (unpaired) electrons. The van der Waals surface area contributed by atoms with Crippen molar-refractivity contribution in [2.24, 2.45) is 5.22 Å². The van der Waals surface area contributed by atoms with Crippen LogP contribution in [0.15, 0.2) is 5.22 Å². The third kappa shape index (κ3) is 4.30. The second-order valence-electron chi connectivity index (χ2n) is 3.05. The van der Waals surface area contributed by atoms with Crippen molar-refractivity contribution in [2.75, 3.05) is 7.05 Å². The number of nitrogens with one attached hydrogen (secondary N) is 1. The molecule has 0 aliphatic heterocycles. The minimum absolute atomic E-state index is 0.418. The number of nitrogens with zero attached hydrogens (tertiary/aromatic N) is 2. The fourth-order valence-electron chi connectivity index (χ4n) is 0.322. The van der Waals surface area contributed by atoms with Gasteiger partial charge in [0.25, 0.3) is 0 Å². The van der Waals surface area contributed by atoms with Crippen LogP contribution in [0.5, 0.6) is 0 Å². The topological polar surface area (TPSA) is 27.4 Å². The van der Waals surface area contributed by atoms with E-state index < -0.39 is 0 Å². The van der Waals surface area contributed by atoms with E-state index in [1.54, 1.807) is 0 Å². The Bertz CT molecular complexity index is 116. The van der Waals surface area contributed by atoms with E-state index >= 15 is 0 Å². The molecule has 0 saturated heterocycles. The van der Waals surface area contributed by atoms with Crippen LogP contribution in [-0.4, -0.2) is 23.8 Å². The standard InChI is InChI=1S/C7H17N3/c1-6(2)8-9-10(5)7(3)4/h6-7H,1-5H3/p+1. The third-order valence-corrected chi connectivity index (χ3v) is 1.22. The lowest BCUT2D eigenvalue weighted by Crippen LogP contribution is -2.23. The summed E-state index contributed by atoms with van der Waals surface area (Å²) in [6, 6.07) is 0.882. The molecule has 0 spiro atoms.